The largest absolute Gasteiger partial charge is 0.461 e. The molecule has 2 heterocycles. The number of aromatic nitrogens is 3. The maximum atomic E-state index is 5.53. The summed E-state index contributed by atoms with van der Waals surface area (Å²) < 4.78 is 5.53. The summed E-state index contributed by atoms with van der Waals surface area (Å²) in [5.41, 5.74) is 0. The fourth-order valence-corrected chi connectivity index (χ4v) is 1.78. The summed E-state index contributed by atoms with van der Waals surface area (Å²) in [7, 11) is 1.79. The lowest BCUT2D eigenvalue weighted by molar-refractivity contribution is 0.222. The first-order chi connectivity index (χ1) is 8.19. The highest BCUT2D eigenvalue weighted by Crippen LogP contribution is 2.19. The van der Waals surface area contributed by atoms with E-state index in [1.807, 2.05) is 13.8 Å². The van der Waals surface area contributed by atoms with Crippen molar-refractivity contribution in [2.75, 3.05) is 30.4 Å². The standard InChI is InChI=1S/C11H19N5O/c1-8(2)17-11-14-9(12-3)13-10(15-11)16-6-4-5-7-16/h8H,4-7H2,1-3H3,(H,12,13,14,15). The zero-order valence-corrected chi connectivity index (χ0v) is 10.6. The Bertz CT molecular complexity index is 376. The van der Waals surface area contributed by atoms with Crippen LogP contribution in [0, 0.1) is 0 Å². The van der Waals surface area contributed by atoms with Gasteiger partial charge in [0.1, 0.15) is 0 Å². The van der Waals surface area contributed by atoms with E-state index in [4.69, 9.17) is 4.74 Å². The first-order valence-corrected chi connectivity index (χ1v) is 6.04. The van der Waals surface area contributed by atoms with Crippen molar-refractivity contribution >= 4 is 11.9 Å². The van der Waals surface area contributed by atoms with Crippen molar-refractivity contribution in [2.24, 2.45) is 0 Å². The SMILES string of the molecule is CNc1nc(OC(C)C)nc(N2CCCC2)n1. The van der Waals surface area contributed by atoms with Crippen molar-refractivity contribution < 1.29 is 4.74 Å². The summed E-state index contributed by atoms with van der Waals surface area (Å²) in [5, 5.41) is 2.94. The molecule has 94 valence electrons. The molecule has 0 spiro atoms. The topological polar surface area (TPSA) is 63.2 Å². The third-order valence-corrected chi connectivity index (χ3v) is 2.56. The number of hydrogen-bond donors (Lipinski definition) is 1. The molecular weight excluding hydrogens is 218 g/mol. The average Bonchev–Trinajstić information content (AvgIpc) is 2.81. The highest BCUT2D eigenvalue weighted by molar-refractivity contribution is 5.38. The van der Waals surface area contributed by atoms with Crippen LogP contribution >= 0.6 is 0 Å². The normalized spacial score (nSPS) is 15.4. The third-order valence-electron chi connectivity index (χ3n) is 2.56. The van der Waals surface area contributed by atoms with Crippen LogP contribution in [0.4, 0.5) is 11.9 Å². The van der Waals surface area contributed by atoms with Gasteiger partial charge in [-0.2, -0.15) is 15.0 Å². The number of hydrogen-bond acceptors (Lipinski definition) is 6. The van der Waals surface area contributed by atoms with Crippen molar-refractivity contribution in [2.45, 2.75) is 32.8 Å². The Kier molecular flexibility index (Phi) is 3.61. The van der Waals surface area contributed by atoms with Gasteiger partial charge in [0.2, 0.25) is 11.9 Å². The minimum Gasteiger partial charge on any atom is -0.461 e. The quantitative estimate of drug-likeness (QED) is 0.851. The Balaban J connectivity index is 2.24. The Hall–Kier alpha value is -1.59. The molecule has 0 bridgehead atoms. The molecule has 0 aliphatic carbocycles. The summed E-state index contributed by atoms with van der Waals surface area (Å²) in [6.45, 7) is 5.93. The van der Waals surface area contributed by atoms with Gasteiger partial charge in [0.25, 0.3) is 0 Å². The van der Waals surface area contributed by atoms with E-state index in [2.05, 4.69) is 25.2 Å². The molecule has 1 saturated heterocycles. The lowest BCUT2D eigenvalue weighted by Crippen LogP contribution is -2.22. The van der Waals surface area contributed by atoms with Crippen LogP contribution in [0.5, 0.6) is 6.01 Å². The summed E-state index contributed by atoms with van der Waals surface area (Å²) in [6.07, 6.45) is 2.45. The van der Waals surface area contributed by atoms with Gasteiger partial charge in [-0.05, 0) is 26.7 Å². The van der Waals surface area contributed by atoms with E-state index in [1.54, 1.807) is 7.05 Å². The number of nitrogens with one attached hydrogen (secondary N) is 1. The van der Waals surface area contributed by atoms with Gasteiger partial charge in [-0.1, -0.05) is 0 Å². The molecule has 0 aromatic carbocycles. The smallest absolute Gasteiger partial charge is 0.323 e. The average molecular weight is 237 g/mol. The summed E-state index contributed by atoms with van der Waals surface area (Å²) >= 11 is 0. The predicted molar refractivity (Wildman–Crippen MR) is 66.6 cm³/mol. The van der Waals surface area contributed by atoms with Gasteiger partial charge < -0.3 is 15.0 Å². The van der Waals surface area contributed by atoms with Crippen molar-refractivity contribution in [1.29, 1.82) is 0 Å². The zero-order valence-electron chi connectivity index (χ0n) is 10.6. The number of rotatable bonds is 4. The molecular formula is C11H19N5O. The fourth-order valence-electron chi connectivity index (χ4n) is 1.78. The van der Waals surface area contributed by atoms with E-state index in [0.717, 1.165) is 13.1 Å². The van der Waals surface area contributed by atoms with E-state index in [-0.39, 0.29) is 6.10 Å². The van der Waals surface area contributed by atoms with Crippen molar-refractivity contribution in [3.63, 3.8) is 0 Å². The highest BCUT2D eigenvalue weighted by Gasteiger charge is 2.17. The second-order valence-electron chi connectivity index (χ2n) is 4.35. The molecule has 1 N–H and O–H groups in total. The van der Waals surface area contributed by atoms with Crippen molar-refractivity contribution in [3.05, 3.63) is 0 Å². The molecule has 1 aliphatic heterocycles. The molecule has 2 rings (SSSR count). The van der Waals surface area contributed by atoms with Gasteiger partial charge in [0.05, 0.1) is 6.10 Å². The van der Waals surface area contributed by atoms with Gasteiger partial charge in [0, 0.05) is 20.1 Å². The molecule has 17 heavy (non-hydrogen) atoms. The maximum Gasteiger partial charge on any atom is 0.323 e. The molecule has 1 aromatic heterocycles. The summed E-state index contributed by atoms with van der Waals surface area (Å²) in [5.74, 6) is 1.26. The van der Waals surface area contributed by atoms with Crippen LogP contribution in [-0.4, -0.2) is 41.2 Å². The molecule has 0 unspecified atom stereocenters. The van der Waals surface area contributed by atoms with E-state index in [9.17, 15) is 0 Å². The van der Waals surface area contributed by atoms with Crippen molar-refractivity contribution in [3.8, 4) is 6.01 Å². The Morgan fingerprint density at radius 1 is 1.18 bits per heavy atom. The van der Waals surface area contributed by atoms with Crippen LogP contribution in [0.25, 0.3) is 0 Å². The van der Waals surface area contributed by atoms with E-state index >= 15 is 0 Å². The molecule has 0 saturated carbocycles. The zero-order chi connectivity index (χ0) is 12.3. The van der Waals surface area contributed by atoms with Crippen LogP contribution in [0.15, 0.2) is 0 Å². The first kappa shape index (κ1) is 11.9. The van der Waals surface area contributed by atoms with Crippen molar-refractivity contribution in [1.82, 2.24) is 15.0 Å². The summed E-state index contributed by atoms with van der Waals surface area (Å²) in [6, 6.07) is 0.390. The fraction of sp³-hybridized carbons (Fsp3) is 0.727. The highest BCUT2D eigenvalue weighted by atomic mass is 16.5. The van der Waals surface area contributed by atoms with E-state index in [0.29, 0.717) is 17.9 Å². The lowest BCUT2D eigenvalue weighted by atomic mass is 10.4. The molecule has 0 atom stereocenters. The monoisotopic (exact) mass is 237 g/mol. The van der Waals surface area contributed by atoms with Crippen LogP contribution in [0.1, 0.15) is 26.7 Å². The molecule has 0 radical (unpaired) electrons. The van der Waals surface area contributed by atoms with E-state index < -0.39 is 0 Å². The molecule has 1 aliphatic rings. The molecule has 1 aromatic rings. The summed E-state index contributed by atoms with van der Waals surface area (Å²) in [4.78, 5) is 15.0. The van der Waals surface area contributed by atoms with Crippen LogP contribution in [0.2, 0.25) is 0 Å². The molecule has 1 fully saturated rings. The molecule has 0 amide bonds. The Morgan fingerprint density at radius 2 is 1.88 bits per heavy atom. The lowest BCUT2D eigenvalue weighted by Gasteiger charge is -2.17. The predicted octanol–water partition coefficient (Wildman–Crippen LogP) is 1.30. The van der Waals surface area contributed by atoms with Gasteiger partial charge in [-0.3, -0.25) is 0 Å². The third kappa shape index (κ3) is 2.95. The molecule has 6 heteroatoms. The number of ether oxygens (including phenoxy) is 1. The van der Waals surface area contributed by atoms with E-state index in [1.165, 1.54) is 12.8 Å². The second-order valence-corrected chi connectivity index (χ2v) is 4.35. The van der Waals surface area contributed by atoms with Gasteiger partial charge in [-0.15, -0.1) is 0 Å². The number of anilines is 2. The maximum absolute atomic E-state index is 5.53. The second kappa shape index (κ2) is 5.16. The van der Waals surface area contributed by atoms with Crippen LogP contribution < -0.4 is 15.0 Å². The minimum atomic E-state index is 0.0635. The minimum absolute atomic E-state index is 0.0635. The van der Waals surface area contributed by atoms with Gasteiger partial charge >= 0.3 is 6.01 Å². The first-order valence-electron chi connectivity index (χ1n) is 6.04. The Labute approximate surface area is 101 Å². The van der Waals surface area contributed by atoms with Gasteiger partial charge in [-0.25, -0.2) is 0 Å². The number of nitrogens with zero attached hydrogens (tertiary/aromatic N) is 4. The van der Waals surface area contributed by atoms with Gasteiger partial charge in [0.15, 0.2) is 0 Å². The molecule has 6 nitrogen and oxygen atoms in total. The van der Waals surface area contributed by atoms with Crippen LogP contribution in [0.3, 0.4) is 0 Å². The van der Waals surface area contributed by atoms with Crippen LogP contribution in [-0.2, 0) is 0 Å². The Morgan fingerprint density at radius 3 is 2.47 bits per heavy atom.